The number of hydrogen-bond donors (Lipinski definition) is 1. The molecule has 104 valence electrons. The summed E-state index contributed by atoms with van der Waals surface area (Å²) in [4.78, 5) is 4.12. The highest BCUT2D eigenvalue weighted by Gasteiger charge is 2.19. The fourth-order valence-electron chi connectivity index (χ4n) is 1.71. The lowest BCUT2D eigenvalue weighted by Gasteiger charge is -2.14. The first-order chi connectivity index (χ1) is 8.50. The van der Waals surface area contributed by atoms with Gasteiger partial charge in [-0.2, -0.15) is 5.10 Å². The Morgan fingerprint density at radius 1 is 1.39 bits per heavy atom. The lowest BCUT2D eigenvalue weighted by atomic mass is 10.3. The highest BCUT2D eigenvalue weighted by molar-refractivity contribution is 7.89. The number of nitrogens with zero attached hydrogens (tertiary/aromatic N) is 3. The Balaban J connectivity index is 2.69. The van der Waals surface area contributed by atoms with Gasteiger partial charge in [0.2, 0.25) is 10.0 Å². The molecule has 0 spiro atoms. The Labute approximate surface area is 109 Å². The van der Waals surface area contributed by atoms with E-state index in [9.17, 15) is 8.42 Å². The van der Waals surface area contributed by atoms with Crippen LogP contribution in [-0.4, -0.2) is 28.9 Å². The highest BCUT2D eigenvalue weighted by atomic mass is 32.2. The van der Waals surface area contributed by atoms with Crippen molar-refractivity contribution in [2.75, 3.05) is 5.75 Å². The molecule has 0 saturated carbocycles. The summed E-state index contributed by atoms with van der Waals surface area (Å²) < 4.78 is 28.0. The Morgan fingerprint density at radius 2 is 2.11 bits per heavy atom. The number of hydrogen-bond acceptors (Lipinski definition) is 4. The van der Waals surface area contributed by atoms with Crippen LogP contribution in [0, 0.1) is 0 Å². The van der Waals surface area contributed by atoms with Gasteiger partial charge < -0.3 is 0 Å². The van der Waals surface area contributed by atoms with Gasteiger partial charge in [-0.1, -0.05) is 20.3 Å². The summed E-state index contributed by atoms with van der Waals surface area (Å²) in [5.41, 5.74) is 0. The van der Waals surface area contributed by atoms with E-state index in [1.54, 1.807) is 11.6 Å². The fraction of sp³-hybridized carbons (Fsp3) is 0.818. The molecule has 1 atom stereocenters. The topological polar surface area (TPSA) is 76.9 Å². The highest BCUT2D eigenvalue weighted by Crippen LogP contribution is 2.11. The molecule has 0 bridgehead atoms. The Kier molecular flexibility index (Phi) is 5.74. The first kappa shape index (κ1) is 15.1. The second-order valence-corrected chi connectivity index (χ2v) is 6.23. The number of unbranched alkanes of at least 4 members (excludes halogenated alkanes) is 1. The zero-order valence-electron chi connectivity index (χ0n) is 11.3. The third-order valence-corrected chi connectivity index (χ3v) is 4.13. The van der Waals surface area contributed by atoms with E-state index in [0.29, 0.717) is 12.2 Å². The summed E-state index contributed by atoms with van der Waals surface area (Å²) >= 11 is 0. The molecule has 18 heavy (non-hydrogen) atoms. The first-order valence-corrected chi connectivity index (χ1v) is 8.03. The molecule has 1 aromatic heterocycles. The predicted octanol–water partition coefficient (Wildman–Crippen LogP) is 1.47. The van der Waals surface area contributed by atoms with Crippen LogP contribution in [0.15, 0.2) is 6.33 Å². The van der Waals surface area contributed by atoms with Crippen LogP contribution in [0.1, 0.15) is 51.9 Å². The normalized spacial score (nSPS) is 13.7. The largest absolute Gasteiger partial charge is 0.249 e. The SMILES string of the molecule is CCCCS(=O)(=O)N[C@H](C)c1ncnn1CCC. The molecule has 1 rings (SSSR count). The van der Waals surface area contributed by atoms with Gasteiger partial charge in [0.25, 0.3) is 0 Å². The van der Waals surface area contributed by atoms with Gasteiger partial charge in [-0.15, -0.1) is 0 Å². The molecule has 1 N–H and O–H groups in total. The zero-order chi connectivity index (χ0) is 13.6. The summed E-state index contributed by atoms with van der Waals surface area (Å²) in [6.45, 7) is 6.55. The molecular formula is C11H22N4O2S. The molecule has 0 amide bonds. The second-order valence-electron chi connectivity index (χ2n) is 4.35. The van der Waals surface area contributed by atoms with Crippen molar-refractivity contribution in [3.63, 3.8) is 0 Å². The molecule has 1 aromatic rings. The van der Waals surface area contributed by atoms with Crippen molar-refractivity contribution in [1.29, 1.82) is 0 Å². The standard InChI is InChI=1S/C11H22N4O2S/c1-4-6-8-18(16,17)14-10(3)11-12-9-13-15(11)7-5-2/h9-10,14H,4-8H2,1-3H3/t10-/m1/s1. The first-order valence-electron chi connectivity index (χ1n) is 6.37. The van der Waals surface area contributed by atoms with Gasteiger partial charge in [0.05, 0.1) is 11.8 Å². The van der Waals surface area contributed by atoms with Crippen molar-refractivity contribution in [3.8, 4) is 0 Å². The molecule has 0 aliphatic carbocycles. The maximum absolute atomic E-state index is 11.8. The van der Waals surface area contributed by atoms with Crippen LogP contribution < -0.4 is 4.72 Å². The summed E-state index contributed by atoms with van der Waals surface area (Å²) in [5.74, 6) is 0.826. The number of aryl methyl sites for hydroxylation is 1. The Bertz CT molecular complexity index is 455. The number of sulfonamides is 1. The summed E-state index contributed by atoms with van der Waals surface area (Å²) in [5, 5.41) is 4.09. The summed E-state index contributed by atoms with van der Waals surface area (Å²) in [6, 6.07) is -0.346. The number of aromatic nitrogens is 3. The molecular weight excluding hydrogens is 252 g/mol. The molecule has 1 heterocycles. The van der Waals surface area contributed by atoms with Crippen molar-refractivity contribution in [3.05, 3.63) is 12.2 Å². The van der Waals surface area contributed by atoms with E-state index < -0.39 is 10.0 Å². The van der Waals surface area contributed by atoms with E-state index in [2.05, 4.69) is 14.8 Å². The third-order valence-electron chi connectivity index (χ3n) is 2.59. The number of rotatable bonds is 8. The minimum absolute atomic E-state index is 0.162. The van der Waals surface area contributed by atoms with Crippen LogP contribution in [-0.2, 0) is 16.6 Å². The zero-order valence-corrected chi connectivity index (χ0v) is 12.1. The molecule has 0 aromatic carbocycles. The van der Waals surface area contributed by atoms with Crippen LogP contribution in [0.3, 0.4) is 0 Å². The quantitative estimate of drug-likeness (QED) is 0.778. The van der Waals surface area contributed by atoms with Crippen molar-refractivity contribution < 1.29 is 8.42 Å². The van der Waals surface area contributed by atoms with Gasteiger partial charge in [-0.25, -0.2) is 22.8 Å². The van der Waals surface area contributed by atoms with E-state index in [-0.39, 0.29) is 11.8 Å². The summed E-state index contributed by atoms with van der Waals surface area (Å²) in [7, 11) is -3.23. The van der Waals surface area contributed by atoms with Crippen molar-refractivity contribution >= 4 is 10.0 Å². The van der Waals surface area contributed by atoms with Crippen LogP contribution >= 0.6 is 0 Å². The maximum atomic E-state index is 11.8. The van der Waals surface area contributed by atoms with E-state index >= 15 is 0 Å². The molecule has 6 nitrogen and oxygen atoms in total. The minimum atomic E-state index is -3.23. The van der Waals surface area contributed by atoms with Gasteiger partial charge >= 0.3 is 0 Å². The van der Waals surface area contributed by atoms with Crippen LogP contribution in [0.2, 0.25) is 0 Å². The van der Waals surface area contributed by atoms with Crippen LogP contribution in [0.5, 0.6) is 0 Å². The van der Waals surface area contributed by atoms with E-state index in [1.807, 2.05) is 13.8 Å². The molecule has 0 radical (unpaired) electrons. The van der Waals surface area contributed by atoms with Crippen molar-refractivity contribution in [1.82, 2.24) is 19.5 Å². The van der Waals surface area contributed by atoms with Gasteiger partial charge in [0, 0.05) is 6.54 Å². The van der Waals surface area contributed by atoms with Gasteiger partial charge in [0.1, 0.15) is 12.2 Å². The molecule has 0 unspecified atom stereocenters. The lowest BCUT2D eigenvalue weighted by molar-refractivity contribution is 0.514. The van der Waals surface area contributed by atoms with Crippen LogP contribution in [0.25, 0.3) is 0 Å². The van der Waals surface area contributed by atoms with E-state index in [4.69, 9.17) is 0 Å². The lowest BCUT2D eigenvalue weighted by Crippen LogP contribution is -2.31. The Morgan fingerprint density at radius 3 is 2.72 bits per heavy atom. The second kappa shape index (κ2) is 6.84. The minimum Gasteiger partial charge on any atom is -0.249 e. The molecule has 0 fully saturated rings. The monoisotopic (exact) mass is 274 g/mol. The summed E-state index contributed by atoms with van der Waals surface area (Å²) in [6.07, 6.45) is 3.93. The van der Waals surface area contributed by atoms with Gasteiger partial charge in [-0.05, 0) is 19.8 Å². The maximum Gasteiger partial charge on any atom is 0.212 e. The van der Waals surface area contributed by atoms with Crippen molar-refractivity contribution in [2.45, 2.75) is 52.6 Å². The average molecular weight is 274 g/mol. The van der Waals surface area contributed by atoms with Gasteiger partial charge in [0.15, 0.2) is 0 Å². The molecule has 7 heteroatoms. The fourth-order valence-corrected chi connectivity index (χ4v) is 3.14. The predicted molar refractivity (Wildman–Crippen MR) is 70.6 cm³/mol. The smallest absolute Gasteiger partial charge is 0.212 e. The average Bonchev–Trinajstić information content (AvgIpc) is 2.75. The number of nitrogens with one attached hydrogen (secondary N) is 1. The molecule has 0 saturated heterocycles. The van der Waals surface area contributed by atoms with Crippen LogP contribution in [0.4, 0.5) is 0 Å². The third kappa shape index (κ3) is 4.38. The van der Waals surface area contributed by atoms with E-state index in [0.717, 1.165) is 19.4 Å². The molecule has 0 aliphatic rings. The van der Waals surface area contributed by atoms with E-state index in [1.165, 1.54) is 6.33 Å². The Hall–Kier alpha value is -0.950. The van der Waals surface area contributed by atoms with Gasteiger partial charge in [-0.3, -0.25) is 0 Å². The molecule has 0 aliphatic heterocycles. The van der Waals surface area contributed by atoms with Crippen molar-refractivity contribution in [2.24, 2.45) is 0 Å².